The molecule has 0 saturated heterocycles. The van der Waals surface area contributed by atoms with Gasteiger partial charge in [-0.15, -0.1) is 0 Å². The molecule has 2 aromatic carbocycles. The average molecular weight is 416 g/mol. The van der Waals surface area contributed by atoms with E-state index in [1.165, 1.54) is 0 Å². The molecule has 31 heavy (non-hydrogen) atoms. The summed E-state index contributed by atoms with van der Waals surface area (Å²) < 4.78 is 10.7. The highest BCUT2D eigenvalue weighted by Crippen LogP contribution is 2.24. The van der Waals surface area contributed by atoms with Gasteiger partial charge in [0.05, 0.1) is 17.6 Å². The van der Waals surface area contributed by atoms with Crippen molar-refractivity contribution < 1.29 is 19.1 Å². The van der Waals surface area contributed by atoms with Crippen molar-refractivity contribution in [3.8, 4) is 11.6 Å². The Morgan fingerprint density at radius 2 is 1.84 bits per heavy atom. The fourth-order valence-electron chi connectivity index (χ4n) is 2.99. The standard InChI is InChI=1S/C23H20N4O4/c1-30-14-13-24-22(29)17-5-4-12-25-23(17)31-16-10-8-15(9-11-16)20(28)21-26-18-6-2-3-7-19(18)27-21/h2-12H,13-14H2,1H3,(H,24,29)(H,26,27). The predicted molar refractivity (Wildman–Crippen MR) is 114 cm³/mol. The van der Waals surface area contributed by atoms with E-state index in [0.717, 1.165) is 11.0 Å². The summed E-state index contributed by atoms with van der Waals surface area (Å²) in [5.41, 5.74) is 2.31. The molecule has 0 aliphatic carbocycles. The van der Waals surface area contributed by atoms with Crippen molar-refractivity contribution in [3.63, 3.8) is 0 Å². The summed E-state index contributed by atoms with van der Waals surface area (Å²) >= 11 is 0. The normalized spacial score (nSPS) is 10.7. The van der Waals surface area contributed by atoms with Crippen LogP contribution < -0.4 is 10.1 Å². The lowest BCUT2D eigenvalue weighted by Gasteiger charge is -2.10. The van der Waals surface area contributed by atoms with E-state index in [9.17, 15) is 9.59 Å². The lowest BCUT2D eigenvalue weighted by atomic mass is 10.1. The van der Waals surface area contributed by atoms with Gasteiger partial charge in [0, 0.05) is 25.4 Å². The number of pyridine rings is 1. The quantitative estimate of drug-likeness (QED) is 0.337. The van der Waals surface area contributed by atoms with Crippen LogP contribution in [0.1, 0.15) is 26.5 Å². The number of benzene rings is 2. The Kier molecular flexibility index (Phi) is 6.00. The van der Waals surface area contributed by atoms with Crippen molar-refractivity contribution in [2.24, 2.45) is 0 Å². The minimum Gasteiger partial charge on any atom is -0.438 e. The van der Waals surface area contributed by atoms with Gasteiger partial charge in [0.25, 0.3) is 5.91 Å². The fourth-order valence-corrected chi connectivity index (χ4v) is 2.99. The van der Waals surface area contributed by atoms with E-state index in [0.29, 0.717) is 30.0 Å². The van der Waals surface area contributed by atoms with Crippen LogP contribution in [0.2, 0.25) is 0 Å². The zero-order valence-corrected chi connectivity index (χ0v) is 16.8. The number of H-pyrrole nitrogens is 1. The molecule has 1 amide bonds. The second-order valence-corrected chi connectivity index (χ2v) is 6.66. The molecule has 0 fully saturated rings. The van der Waals surface area contributed by atoms with Crippen molar-refractivity contribution in [2.75, 3.05) is 20.3 Å². The number of imidazole rings is 1. The maximum Gasteiger partial charge on any atom is 0.256 e. The molecular formula is C23H20N4O4. The van der Waals surface area contributed by atoms with Gasteiger partial charge >= 0.3 is 0 Å². The van der Waals surface area contributed by atoms with Gasteiger partial charge in [-0.25, -0.2) is 9.97 Å². The van der Waals surface area contributed by atoms with Crippen LogP contribution in [0.5, 0.6) is 11.6 Å². The topological polar surface area (TPSA) is 106 Å². The number of methoxy groups -OCH3 is 1. The van der Waals surface area contributed by atoms with Crippen LogP contribution in [0.15, 0.2) is 66.9 Å². The molecule has 0 aliphatic rings. The number of nitrogens with one attached hydrogen (secondary N) is 2. The van der Waals surface area contributed by atoms with Gasteiger partial charge in [-0.1, -0.05) is 12.1 Å². The van der Waals surface area contributed by atoms with Crippen LogP contribution in [0.25, 0.3) is 11.0 Å². The number of carbonyl (C=O) groups is 2. The smallest absolute Gasteiger partial charge is 0.256 e. The summed E-state index contributed by atoms with van der Waals surface area (Å²) in [5.74, 6) is 0.366. The number of para-hydroxylation sites is 2. The van der Waals surface area contributed by atoms with E-state index in [4.69, 9.17) is 9.47 Å². The van der Waals surface area contributed by atoms with Crippen LogP contribution in [-0.2, 0) is 4.74 Å². The minimum absolute atomic E-state index is 0.175. The van der Waals surface area contributed by atoms with Gasteiger partial charge in [-0.2, -0.15) is 0 Å². The van der Waals surface area contributed by atoms with Gasteiger partial charge < -0.3 is 19.8 Å². The lowest BCUT2D eigenvalue weighted by molar-refractivity contribution is 0.0933. The second kappa shape index (κ2) is 9.19. The predicted octanol–water partition coefficient (Wildman–Crippen LogP) is 3.36. The van der Waals surface area contributed by atoms with E-state index in [1.54, 1.807) is 49.7 Å². The Hall–Kier alpha value is -4.04. The third-order valence-corrected chi connectivity index (χ3v) is 4.54. The molecule has 2 N–H and O–H groups in total. The molecular weight excluding hydrogens is 396 g/mol. The number of carbonyl (C=O) groups excluding carboxylic acids is 2. The SMILES string of the molecule is COCCNC(=O)c1cccnc1Oc1ccc(C(=O)c2nc3ccccc3[nH]2)cc1. The van der Waals surface area contributed by atoms with Crippen molar-refractivity contribution in [3.05, 3.63) is 83.8 Å². The Bertz CT molecular complexity index is 1180. The molecule has 156 valence electrons. The van der Waals surface area contributed by atoms with Crippen LogP contribution in [0, 0.1) is 0 Å². The van der Waals surface area contributed by atoms with Crippen molar-refractivity contribution in [1.82, 2.24) is 20.3 Å². The molecule has 4 aromatic rings. The zero-order chi connectivity index (χ0) is 21.6. The van der Waals surface area contributed by atoms with Gasteiger partial charge in [0.2, 0.25) is 11.7 Å². The summed E-state index contributed by atoms with van der Waals surface area (Å²) in [7, 11) is 1.56. The van der Waals surface area contributed by atoms with E-state index >= 15 is 0 Å². The molecule has 8 nitrogen and oxygen atoms in total. The van der Waals surface area contributed by atoms with Gasteiger partial charge in [0.1, 0.15) is 11.3 Å². The molecule has 0 atom stereocenters. The summed E-state index contributed by atoms with van der Waals surface area (Å²) in [4.78, 5) is 36.6. The van der Waals surface area contributed by atoms with Crippen molar-refractivity contribution in [1.29, 1.82) is 0 Å². The first-order chi connectivity index (χ1) is 15.2. The van der Waals surface area contributed by atoms with Gasteiger partial charge in [-0.3, -0.25) is 9.59 Å². The van der Waals surface area contributed by atoms with Crippen LogP contribution >= 0.6 is 0 Å². The van der Waals surface area contributed by atoms with Crippen LogP contribution in [0.3, 0.4) is 0 Å². The lowest BCUT2D eigenvalue weighted by Crippen LogP contribution is -2.27. The molecule has 0 radical (unpaired) electrons. The minimum atomic E-state index is -0.308. The third-order valence-electron chi connectivity index (χ3n) is 4.54. The Balaban J connectivity index is 1.49. The maximum atomic E-state index is 12.7. The third kappa shape index (κ3) is 4.59. The number of nitrogens with zero attached hydrogens (tertiary/aromatic N) is 2. The summed E-state index contributed by atoms with van der Waals surface area (Å²) in [6, 6.07) is 17.3. The summed E-state index contributed by atoms with van der Waals surface area (Å²) in [6.45, 7) is 0.783. The summed E-state index contributed by atoms with van der Waals surface area (Å²) in [5, 5.41) is 2.74. The average Bonchev–Trinajstić information content (AvgIpc) is 3.24. The number of amides is 1. The first kappa shape index (κ1) is 20.2. The monoisotopic (exact) mass is 416 g/mol. The van der Waals surface area contributed by atoms with Crippen molar-refractivity contribution >= 4 is 22.7 Å². The highest BCUT2D eigenvalue weighted by Gasteiger charge is 2.16. The van der Waals surface area contributed by atoms with E-state index in [1.807, 2.05) is 24.3 Å². The number of ketones is 1. The number of ether oxygens (including phenoxy) is 2. The number of aromatic nitrogens is 3. The summed E-state index contributed by atoms with van der Waals surface area (Å²) in [6.07, 6.45) is 1.54. The second-order valence-electron chi connectivity index (χ2n) is 6.66. The molecule has 4 rings (SSSR count). The van der Waals surface area contributed by atoms with Crippen LogP contribution in [0.4, 0.5) is 0 Å². The fraction of sp³-hybridized carbons (Fsp3) is 0.130. The molecule has 2 heterocycles. The molecule has 0 spiro atoms. The highest BCUT2D eigenvalue weighted by atomic mass is 16.5. The maximum absolute atomic E-state index is 12.7. The molecule has 8 heteroatoms. The number of hydrogen-bond donors (Lipinski definition) is 2. The largest absolute Gasteiger partial charge is 0.438 e. The molecule has 0 unspecified atom stereocenters. The van der Waals surface area contributed by atoms with Gasteiger partial charge in [-0.05, 0) is 48.5 Å². The van der Waals surface area contributed by atoms with Crippen LogP contribution in [-0.4, -0.2) is 46.9 Å². The number of fused-ring (bicyclic) bond motifs is 1. The molecule has 0 saturated carbocycles. The van der Waals surface area contributed by atoms with E-state index < -0.39 is 0 Å². The van der Waals surface area contributed by atoms with Gasteiger partial charge in [0.15, 0.2) is 5.82 Å². The number of rotatable bonds is 8. The Labute approximate surface area is 178 Å². The number of hydrogen-bond acceptors (Lipinski definition) is 6. The first-order valence-electron chi connectivity index (χ1n) is 9.65. The van der Waals surface area contributed by atoms with E-state index in [2.05, 4.69) is 20.3 Å². The Morgan fingerprint density at radius 3 is 2.61 bits per heavy atom. The molecule has 0 bridgehead atoms. The van der Waals surface area contributed by atoms with E-state index in [-0.39, 0.29) is 23.4 Å². The first-order valence-corrected chi connectivity index (χ1v) is 9.65. The number of aromatic amines is 1. The molecule has 2 aromatic heterocycles. The zero-order valence-electron chi connectivity index (χ0n) is 16.8. The Morgan fingerprint density at radius 1 is 1.03 bits per heavy atom. The molecule has 0 aliphatic heterocycles. The van der Waals surface area contributed by atoms with Crippen molar-refractivity contribution in [2.45, 2.75) is 0 Å². The highest BCUT2D eigenvalue weighted by molar-refractivity contribution is 6.08.